The Kier molecular flexibility index (Phi) is 7.01. The Morgan fingerprint density at radius 1 is 1.38 bits per heavy atom. The average Bonchev–Trinajstić information content (AvgIpc) is 2.27. The molecule has 1 amide bonds. The van der Waals surface area contributed by atoms with Crippen molar-refractivity contribution in [3.05, 3.63) is 12.3 Å². The van der Waals surface area contributed by atoms with E-state index in [0.717, 1.165) is 6.42 Å². The number of allylic oxidation sites excluding steroid dienone is 1. The molecule has 0 fully saturated rings. The SMILES string of the molecule is C/C=C/N(CCCOC)C(=O)C(C)(C)OC. The minimum absolute atomic E-state index is 0.0378. The summed E-state index contributed by atoms with van der Waals surface area (Å²) in [6, 6.07) is 0. The first kappa shape index (κ1) is 15.1. The Bertz CT molecular complexity index is 236. The maximum atomic E-state index is 12.1. The van der Waals surface area contributed by atoms with Crippen molar-refractivity contribution >= 4 is 5.91 Å². The van der Waals surface area contributed by atoms with Crippen molar-refractivity contribution < 1.29 is 14.3 Å². The Hall–Kier alpha value is -0.870. The molecule has 0 atom stereocenters. The van der Waals surface area contributed by atoms with Crippen LogP contribution in [0.25, 0.3) is 0 Å². The highest BCUT2D eigenvalue weighted by Gasteiger charge is 2.30. The summed E-state index contributed by atoms with van der Waals surface area (Å²) >= 11 is 0. The predicted octanol–water partition coefficient (Wildman–Crippen LogP) is 1.81. The first-order chi connectivity index (χ1) is 7.49. The van der Waals surface area contributed by atoms with Gasteiger partial charge in [0.25, 0.3) is 5.91 Å². The van der Waals surface area contributed by atoms with E-state index in [2.05, 4.69) is 0 Å². The molecule has 16 heavy (non-hydrogen) atoms. The molecule has 0 aliphatic heterocycles. The van der Waals surface area contributed by atoms with Crippen LogP contribution in [0, 0.1) is 0 Å². The summed E-state index contributed by atoms with van der Waals surface area (Å²) in [7, 11) is 3.20. The van der Waals surface area contributed by atoms with E-state index >= 15 is 0 Å². The van der Waals surface area contributed by atoms with Crippen LogP contribution < -0.4 is 0 Å². The molecule has 0 N–H and O–H groups in total. The molecule has 0 saturated carbocycles. The normalized spacial score (nSPS) is 12.1. The summed E-state index contributed by atoms with van der Waals surface area (Å²) in [6.07, 6.45) is 4.43. The van der Waals surface area contributed by atoms with Crippen LogP contribution in [0.15, 0.2) is 12.3 Å². The Labute approximate surface area is 98.2 Å². The van der Waals surface area contributed by atoms with E-state index in [0.29, 0.717) is 13.2 Å². The number of hydrogen-bond donors (Lipinski definition) is 0. The number of amides is 1. The summed E-state index contributed by atoms with van der Waals surface area (Å²) < 4.78 is 10.1. The molecule has 0 aromatic carbocycles. The van der Waals surface area contributed by atoms with Crippen LogP contribution in [0.2, 0.25) is 0 Å². The second-order valence-electron chi connectivity index (χ2n) is 4.04. The number of methoxy groups -OCH3 is 2. The molecule has 0 aliphatic rings. The predicted molar refractivity (Wildman–Crippen MR) is 64.1 cm³/mol. The lowest BCUT2D eigenvalue weighted by Gasteiger charge is -2.28. The lowest BCUT2D eigenvalue weighted by atomic mass is 10.1. The van der Waals surface area contributed by atoms with Gasteiger partial charge in [-0.2, -0.15) is 0 Å². The van der Waals surface area contributed by atoms with Gasteiger partial charge in [0.2, 0.25) is 0 Å². The molecule has 0 rings (SSSR count). The van der Waals surface area contributed by atoms with E-state index in [1.165, 1.54) is 0 Å². The smallest absolute Gasteiger partial charge is 0.258 e. The largest absolute Gasteiger partial charge is 0.385 e. The molecule has 0 saturated heterocycles. The summed E-state index contributed by atoms with van der Waals surface area (Å²) in [4.78, 5) is 13.8. The molecule has 0 unspecified atom stereocenters. The molecule has 4 heteroatoms. The second-order valence-corrected chi connectivity index (χ2v) is 4.04. The number of nitrogens with zero attached hydrogens (tertiary/aromatic N) is 1. The zero-order valence-electron chi connectivity index (χ0n) is 10.9. The quantitative estimate of drug-likeness (QED) is 0.625. The summed E-state index contributed by atoms with van der Waals surface area (Å²) in [5.74, 6) is -0.0378. The number of carbonyl (C=O) groups is 1. The monoisotopic (exact) mass is 229 g/mol. The van der Waals surface area contributed by atoms with Crippen LogP contribution >= 0.6 is 0 Å². The van der Waals surface area contributed by atoms with Gasteiger partial charge in [0.1, 0.15) is 5.60 Å². The van der Waals surface area contributed by atoms with Gasteiger partial charge in [0.05, 0.1) is 0 Å². The highest BCUT2D eigenvalue weighted by Crippen LogP contribution is 2.13. The van der Waals surface area contributed by atoms with E-state index in [4.69, 9.17) is 9.47 Å². The molecule has 0 radical (unpaired) electrons. The van der Waals surface area contributed by atoms with Gasteiger partial charge in [-0.15, -0.1) is 0 Å². The molecular formula is C12H23NO3. The van der Waals surface area contributed by atoms with Gasteiger partial charge < -0.3 is 14.4 Å². The summed E-state index contributed by atoms with van der Waals surface area (Å²) in [5.41, 5.74) is -0.785. The highest BCUT2D eigenvalue weighted by atomic mass is 16.5. The van der Waals surface area contributed by atoms with Crippen molar-refractivity contribution in [1.29, 1.82) is 0 Å². The lowest BCUT2D eigenvalue weighted by Crippen LogP contribution is -2.44. The molecule has 94 valence electrons. The molecular weight excluding hydrogens is 206 g/mol. The summed E-state index contributed by atoms with van der Waals surface area (Å²) in [5, 5.41) is 0. The fraction of sp³-hybridized carbons (Fsp3) is 0.750. The highest BCUT2D eigenvalue weighted by molar-refractivity contribution is 5.85. The van der Waals surface area contributed by atoms with Crippen LogP contribution in [0.5, 0.6) is 0 Å². The fourth-order valence-electron chi connectivity index (χ4n) is 1.24. The van der Waals surface area contributed by atoms with Crippen molar-refractivity contribution in [2.24, 2.45) is 0 Å². The third-order valence-electron chi connectivity index (χ3n) is 2.36. The minimum Gasteiger partial charge on any atom is -0.385 e. The first-order valence-corrected chi connectivity index (χ1v) is 5.47. The van der Waals surface area contributed by atoms with Crippen LogP contribution in [-0.2, 0) is 14.3 Å². The van der Waals surface area contributed by atoms with Gasteiger partial charge in [0.15, 0.2) is 0 Å². The van der Waals surface area contributed by atoms with Gasteiger partial charge in [-0.3, -0.25) is 4.79 Å². The molecule has 0 aromatic rings. The van der Waals surface area contributed by atoms with Crippen molar-refractivity contribution in [3.8, 4) is 0 Å². The van der Waals surface area contributed by atoms with E-state index in [1.807, 2.05) is 13.0 Å². The van der Waals surface area contributed by atoms with Crippen LogP contribution in [0.3, 0.4) is 0 Å². The van der Waals surface area contributed by atoms with Gasteiger partial charge in [-0.1, -0.05) is 6.08 Å². The third kappa shape index (κ3) is 4.77. The van der Waals surface area contributed by atoms with Crippen LogP contribution in [0.4, 0.5) is 0 Å². The fourth-order valence-corrected chi connectivity index (χ4v) is 1.24. The van der Waals surface area contributed by atoms with Gasteiger partial charge in [0, 0.05) is 33.6 Å². The van der Waals surface area contributed by atoms with E-state index in [-0.39, 0.29) is 5.91 Å². The molecule has 0 spiro atoms. The zero-order chi connectivity index (χ0) is 12.6. The Morgan fingerprint density at radius 3 is 2.44 bits per heavy atom. The van der Waals surface area contributed by atoms with Gasteiger partial charge in [-0.05, 0) is 27.2 Å². The van der Waals surface area contributed by atoms with Crippen LogP contribution in [-0.4, -0.2) is 43.8 Å². The van der Waals surface area contributed by atoms with Crippen molar-refractivity contribution in [2.45, 2.75) is 32.8 Å². The number of ether oxygens (including phenoxy) is 2. The second kappa shape index (κ2) is 7.41. The molecule has 0 bridgehead atoms. The Morgan fingerprint density at radius 2 is 2.00 bits per heavy atom. The molecule has 0 aliphatic carbocycles. The number of rotatable bonds is 7. The van der Waals surface area contributed by atoms with Crippen molar-refractivity contribution in [2.75, 3.05) is 27.4 Å². The summed E-state index contributed by atoms with van der Waals surface area (Å²) in [6.45, 7) is 6.71. The van der Waals surface area contributed by atoms with Crippen LogP contribution in [0.1, 0.15) is 27.2 Å². The van der Waals surface area contributed by atoms with E-state index in [9.17, 15) is 4.79 Å². The van der Waals surface area contributed by atoms with E-state index in [1.54, 1.807) is 39.2 Å². The van der Waals surface area contributed by atoms with Crippen molar-refractivity contribution in [3.63, 3.8) is 0 Å². The molecule has 0 heterocycles. The number of hydrogen-bond acceptors (Lipinski definition) is 3. The standard InChI is InChI=1S/C12H23NO3/c1-6-8-13(9-7-10-15-4)11(14)12(2,3)16-5/h6,8H,7,9-10H2,1-5H3/b8-6+. The van der Waals surface area contributed by atoms with Gasteiger partial charge in [-0.25, -0.2) is 0 Å². The number of carbonyl (C=O) groups excluding carboxylic acids is 1. The lowest BCUT2D eigenvalue weighted by molar-refractivity contribution is -0.148. The third-order valence-corrected chi connectivity index (χ3v) is 2.36. The average molecular weight is 229 g/mol. The van der Waals surface area contributed by atoms with E-state index < -0.39 is 5.60 Å². The topological polar surface area (TPSA) is 38.8 Å². The first-order valence-electron chi connectivity index (χ1n) is 5.47. The zero-order valence-corrected chi connectivity index (χ0v) is 10.9. The maximum absolute atomic E-state index is 12.1. The molecule has 0 aromatic heterocycles. The maximum Gasteiger partial charge on any atom is 0.258 e. The minimum atomic E-state index is -0.785. The van der Waals surface area contributed by atoms with Crippen molar-refractivity contribution in [1.82, 2.24) is 4.90 Å². The Balaban J connectivity index is 4.46. The van der Waals surface area contributed by atoms with Gasteiger partial charge >= 0.3 is 0 Å². The molecule has 4 nitrogen and oxygen atoms in total.